The van der Waals surface area contributed by atoms with Gasteiger partial charge < -0.3 is 19.4 Å². The van der Waals surface area contributed by atoms with E-state index in [1.165, 1.54) is 26.0 Å². The second-order valence-corrected chi connectivity index (χ2v) is 9.16. The smallest absolute Gasteiger partial charge is 0.412 e. The van der Waals surface area contributed by atoms with E-state index in [0.29, 0.717) is 17.4 Å². The molecule has 3 rings (SSSR count). The van der Waals surface area contributed by atoms with E-state index in [9.17, 15) is 36.2 Å². The van der Waals surface area contributed by atoms with E-state index in [1.54, 1.807) is 30.3 Å². The number of carbonyl (C=O) groups excluding carboxylic acids is 1. The van der Waals surface area contributed by atoms with Crippen LogP contribution in [-0.4, -0.2) is 24.9 Å². The standard InChI is InChI=1S/C24H21ClF6O4/c1-21(2)18(11-19(25)24(30,31)34-13-23(27,28)29)22(21,20(32)33)12-14-8-9-16(26)17(10-14)35-15-6-4-3-5-7-15/h3-11,18H,12-13H2,1-2H3,(H,32,33)/p-1. The number of alkyl halides is 5. The third kappa shape index (κ3) is 5.59. The molecule has 11 heteroatoms. The summed E-state index contributed by atoms with van der Waals surface area (Å²) in [5.41, 5.74) is -2.63. The minimum absolute atomic E-state index is 0.183. The van der Waals surface area contributed by atoms with Gasteiger partial charge in [-0.25, -0.2) is 4.39 Å². The van der Waals surface area contributed by atoms with Gasteiger partial charge in [0.05, 0.1) is 0 Å². The zero-order valence-electron chi connectivity index (χ0n) is 18.5. The molecule has 1 saturated carbocycles. The lowest BCUT2D eigenvalue weighted by Gasteiger charge is -2.22. The average Bonchev–Trinajstić information content (AvgIpc) is 3.23. The number of halogens is 7. The fraction of sp³-hybridized carbons (Fsp3) is 0.375. The molecule has 0 saturated heterocycles. The van der Waals surface area contributed by atoms with E-state index < -0.39 is 52.5 Å². The number of carboxylic acids is 1. The molecule has 4 nitrogen and oxygen atoms in total. The Morgan fingerprint density at radius 1 is 1.11 bits per heavy atom. The van der Waals surface area contributed by atoms with Crippen LogP contribution in [0.5, 0.6) is 11.5 Å². The first-order valence-electron chi connectivity index (χ1n) is 10.3. The number of allylic oxidation sites excluding steroid dienone is 1. The van der Waals surface area contributed by atoms with Gasteiger partial charge in [0.25, 0.3) is 0 Å². The zero-order valence-corrected chi connectivity index (χ0v) is 19.2. The number of carboxylic acid groups (broad SMARTS) is 1. The van der Waals surface area contributed by atoms with Crippen LogP contribution in [0.3, 0.4) is 0 Å². The molecule has 0 heterocycles. The Hall–Kier alpha value is -2.72. The van der Waals surface area contributed by atoms with Crippen molar-refractivity contribution in [2.75, 3.05) is 6.61 Å². The van der Waals surface area contributed by atoms with E-state index in [0.717, 1.165) is 6.07 Å². The van der Waals surface area contributed by atoms with Crippen LogP contribution in [0.2, 0.25) is 0 Å². The van der Waals surface area contributed by atoms with Gasteiger partial charge in [-0.3, -0.25) is 0 Å². The van der Waals surface area contributed by atoms with Crippen molar-refractivity contribution < 1.29 is 45.7 Å². The molecule has 2 aromatic rings. The molecule has 0 radical (unpaired) electrons. The van der Waals surface area contributed by atoms with Gasteiger partial charge in [0.1, 0.15) is 17.4 Å². The van der Waals surface area contributed by atoms with E-state index in [1.807, 2.05) is 0 Å². The number of aliphatic carboxylic acids is 1. The van der Waals surface area contributed by atoms with Gasteiger partial charge in [-0.2, -0.15) is 22.0 Å². The SMILES string of the molecule is CC1(C)C(C=C(Cl)C(F)(F)OCC(F)(F)F)C1(Cc1ccc(F)c(Oc2ccccc2)c1)C(=O)[O-]. The number of carbonyl (C=O) groups is 1. The van der Waals surface area contributed by atoms with Crippen molar-refractivity contribution in [3.8, 4) is 11.5 Å². The molecule has 0 bridgehead atoms. The molecule has 0 spiro atoms. The molecule has 0 aliphatic heterocycles. The van der Waals surface area contributed by atoms with Gasteiger partial charge in [-0.05, 0) is 47.6 Å². The molecule has 0 aromatic heterocycles. The van der Waals surface area contributed by atoms with Crippen LogP contribution < -0.4 is 9.84 Å². The fourth-order valence-electron chi connectivity index (χ4n) is 4.20. The van der Waals surface area contributed by atoms with Crippen LogP contribution in [0.15, 0.2) is 59.6 Å². The second kappa shape index (κ2) is 9.39. The monoisotopic (exact) mass is 521 g/mol. The zero-order chi connectivity index (χ0) is 26.2. The van der Waals surface area contributed by atoms with Crippen LogP contribution >= 0.6 is 11.6 Å². The van der Waals surface area contributed by atoms with E-state index in [-0.39, 0.29) is 12.2 Å². The van der Waals surface area contributed by atoms with Crippen molar-refractivity contribution >= 4 is 17.6 Å². The van der Waals surface area contributed by atoms with Gasteiger partial charge in [-0.1, -0.05) is 55.8 Å². The molecule has 190 valence electrons. The highest BCUT2D eigenvalue weighted by Gasteiger charge is 2.71. The maximum Gasteiger partial charge on any atom is 0.412 e. The quantitative estimate of drug-likeness (QED) is 0.389. The van der Waals surface area contributed by atoms with Crippen LogP contribution in [0.1, 0.15) is 19.4 Å². The molecular formula is C24H20ClF6O4-. The molecule has 1 aliphatic rings. The first kappa shape index (κ1) is 26.9. The first-order chi connectivity index (χ1) is 16.1. The number of hydrogen-bond acceptors (Lipinski definition) is 4. The number of ether oxygens (including phenoxy) is 2. The van der Waals surface area contributed by atoms with E-state index >= 15 is 0 Å². The number of hydrogen-bond donors (Lipinski definition) is 0. The minimum atomic E-state index is -5.02. The molecule has 0 amide bonds. The Labute approximate surface area is 202 Å². The van der Waals surface area contributed by atoms with Gasteiger partial charge in [0.2, 0.25) is 0 Å². The third-order valence-electron chi connectivity index (χ3n) is 6.20. The number of rotatable bonds is 9. The summed E-state index contributed by atoms with van der Waals surface area (Å²) in [4.78, 5) is 12.2. The summed E-state index contributed by atoms with van der Waals surface area (Å²) < 4.78 is 88.3. The normalized spacial score (nSPS) is 22.1. The minimum Gasteiger partial charge on any atom is -0.549 e. The Bertz CT molecular complexity index is 1120. The highest BCUT2D eigenvalue weighted by atomic mass is 35.5. The Kier molecular flexibility index (Phi) is 7.21. The lowest BCUT2D eigenvalue weighted by atomic mass is 9.88. The predicted molar refractivity (Wildman–Crippen MR) is 112 cm³/mol. The van der Waals surface area contributed by atoms with Crippen LogP contribution in [0.25, 0.3) is 0 Å². The Morgan fingerprint density at radius 2 is 1.74 bits per heavy atom. The van der Waals surface area contributed by atoms with Gasteiger partial charge in [0.15, 0.2) is 11.6 Å². The summed E-state index contributed by atoms with van der Waals surface area (Å²) in [6, 6.07) is 11.9. The molecule has 35 heavy (non-hydrogen) atoms. The molecule has 0 N–H and O–H groups in total. The predicted octanol–water partition coefficient (Wildman–Crippen LogP) is 5.85. The fourth-order valence-corrected chi connectivity index (χ4v) is 4.38. The van der Waals surface area contributed by atoms with Crippen LogP contribution in [0.4, 0.5) is 26.3 Å². The Balaban J connectivity index is 1.88. The topological polar surface area (TPSA) is 58.6 Å². The van der Waals surface area contributed by atoms with Crippen LogP contribution in [0, 0.1) is 22.6 Å². The summed E-state index contributed by atoms with van der Waals surface area (Å²) >= 11 is 5.57. The molecule has 2 atom stereocenters. The highest BCUT2D eigenvalue weighted by molar-refractivity contribution is 6.30. The van der Waals surface area contributed by atoms with E-state index in [2.05, 4.69) is 4.74 Å². The van der Waals surface area contributed by atoms with E-state index in [4.69, 9.17) is 16.3 Å². The van der Waals surface area contributed by atoms with Gasteiger partial charge in [-0.15, -0.1) is 0 Å². The maximum atomic E-state index is 14.3. The second-order valence-electron chi connectivity index (χ2n) is 8.75. The van der Waals surface area contributed by atoms with Crippen molar-refractivity contribution in [2.45, 2.75) is 32.6 Å². The summed E-state index contributed by atoms with van der Waals surface area (Å²) in [5, 5.41) is 10.8. The third-order valence-corrected chi connectivity index (χ3v) is 6.54. The Morgan fingerprint density at radius 3 is 2.31 bits per heavy atom. The van der Waals surface area contributed by atoms with Crippen molar-refractivity contribution in [3.63, 3.8) is 0 Å². The highest BCUT2D eigenvalue weighted by Crippen LogP contribution is 2.71. The summed E-state index contributed by atoms with van der Waals surface area (Å²) in [5.74, 6) is -3.29. The first-order valence-corrected chi connectivity index (χ1v) is 10.7. The maximum absolute atomic E-state index is 14.3. The number of benzene rings is 2. The van der Waals surface area contributed by atoms with Gasteiger partial charge in [0, 0.05) is 11.4 Å². The summed E-state index contributed by atoms with van der Waals surface area (Å²) in [6.07, 6.45) is -9.09. The lowest BCUT2D eigenvalue weighted by molar-refractivity contribution is -0.315. The average molecular weight is 522 g/mol. The van der Waals surface area contributed by atoms with Crippen molar-refractivity contribution in [2.24, 2.45) is 16.7 Å². The van der Waals surface area contributed by atoms with Crippen molar-refractivity contribution in [1.29, 1.82) is 0 Å². The largest absolute Gasteiger partial charge is 0.549 e. The summed E-state index contributed by atoms with van der Waals surface area (Å²) in [7, 11) is 0. The van der Waals surface area contributed by atoms with Crippen molar-refractivity contribution in [1.82, 2.24) is 0 Å². The molecular weight excluding hydrogens is 502 g/mol. The van der Waals surface area contributed by atoms with Crippen molar-refractivity contribution in [3.05, 3.63) is 71.0 Å². The number of para-hydroxylation sites is 1. The molecule has 1 fully saturated rings. The lowest BCUT2D eigenvalue weighted by Crippen LogP contribution is -2.38. The molecule has 2 unspecified atom stereocenters. The summed E-state index contributed by atoms with van der Waals surface area (Å²) in [6.45, 7) is 0.686. The van der Waals surface area contributed by atoms with Gasteiger partial charge >= 0.3 is 12.3 Å². The molecule has 2 aromatic carbocycles. The molecule has 1 aliphatic carbocycles. The van der Waals surface area contributed by atoms with Crippen LogP contribution in [-0.2, 0) is 16.0 Å².